The fourth-order valence-electron chi connectivity index (χ4n) is 2.25. The highest BCUT2D eigenvalue weighted by Gasteiger charge is 2.01. The number of carbonyl (C=O) groups excluding carboxylic acids is 1. The van der Waals surface area contributed by atoms with Crippen molar-refractivity contribution in [1.29, 1.82) is 0 Å². The van der Waals surface area contributed by atoms with Crippen LogP contribution in [0, 0.1) is 11.8 Å². The van der Waals surface area contributed by atoms with E-state index in [4.69, 9.17) is 9.26 Å². The number of aromatic nitrogens is 1. The fraction of sp³-hybridized carbons (Fsp3) is 0.143. The number of ether oxygens (including phenoxy) is 1. The summed E-state index contributed by atoms with van der Waals surface area (Å²) in [5.74, 6) is 6.81. The van der Waals surface area contributed by atoms with Crippen LogP contribution in [-0.4, -0.2) is 17.8 Å². The number of amides is 1. The quantitative estimate of drug-likeness (QED) is 0.560. The fourth-order valence-corrected chi connectivity index (χ4v) is 2.25. The number of carbonyl (C=O) groups is 1. The molecule has 130 valence electrons. The Labute approximate surface area is 152 Å². The van der Waals surface area contributed by atoms with Gasteiger partial charge in [-0.2, -0.15) is 0 Å². The van der Waals surface area contributed by atoms with E-state index in [2.05, 4.69) is 22.3 Å². The maximum atomic E-state index is 11.6. The Kier molecular flexibility index (Phi) is 6.05. The lowest BCUT2D eigenvalue weighted by Crippen LogP contribution is -2.24. The van der Waals surface area contributed by atoms with Gasteiger partial charge in [0.1, 0.15) is 6.61 Å². The molecular formula is C21H18N2O3. The minimum absolute atomic E-state index is 0.260. The molecule has 0 aliphatic heterocycles. The van der Waals surface area contributed by atoms with Crippen molar-refractivity contribution < 1.29 is 14.1 Å². The first-order valence-electron chi connectivity index (χ1n) is 8.26. The number of hydrogen-bond donors (Lipinski definition) is 1. The Hall–Kier alpha value is -3.52. The van der Waals surface area contributed by atoms with E-state index in [0.717, 1.165) is 22.5 Å². The molecular weight excluding hydrogens is 328 g/mol. The first-order chi connectivity index (χ1) is 12.8. The van der Waals surface area contributed by atoms with Crippen molar-refractivity contribution in [3.05, 3.63) is 78.0 Å². The highest BCUT2D eigenvalue weighted by atomic mass is 16.5. The molecule has 0 saturated heterocycles. The number of rotatable bonds is 5. The van der Waals surface area contributed by atoms with Crippen LogP contribution in [0.3, 0.4) is 0 Å². The Morgan fingerprint density at radius 1 is 1.08 bits per heavy atom. The molecule has 3 aromatic rings. The van der Waals surface area contributed by atoms with Crippen LogP contribution in [-0.2, 0) is 11.3 Å². The molecule has 0 atom stereocenters. The molecule has 5 nitrogen and oxygen atoms in total. The van der Waals surface area contributed by atoms with Crippen molar-refractivity contribution in [2.24, 2.45) is 0 Å². The smallest absolute Gasteiger partial charge is 0.407 e. The van der Waals surface area contributed by atoms with Gasteiger partial charge in [-0.3, -0.25) is 0 Å². The number of nitrogens with one attached hydrogen (secondary N) is 1. The van der Waals surface area contributed by atoms with Crippen molar-refractivity contribution in [2.75, 3.05) is 6.54 Å². The summed E-state index contributed by atoms with van der Waals surface area (Å²) in [5, 5.41) is 6.37. The number of hydrogen-bond acceptors (Lipinski definition) is 4. The van der Waals surface area contributed by atoms with E-state index >= 15 is 0 Å². The van der Waals surface area contributed by atoms with Gasteiger partial charge in [-0.1, -0.05) is 47.3 Å². The first-order valence-corrected chi connectivity index (χ1v) is 8.26. The Morgan fingerprint density at radius 2 is 1.88 bits per heavy atom. The lowest BCUT2D eigenvalue weighted by Gasteiger charge is -2.05. The third-order valence-electron chi connectivity index (χ3n) is 3.57. The van der Waals surface area contributed by atoms with Gasteiger partial charge in [0, 0.05) is 30.2 Å². The van der Waals surface area contributed by atoms with Crippen molar-refractivity contribution in [3.8, 4) is 23.2 Å². The predicted octanol–water partition coefficient (Wildman–Crippen LogP) is 4.01. The highest BCUT2D eigenvalue weighted by Crippen LogP contribution is 2.18. The number of alkyl carbamates (subject to hydrolysis) is 1. The number of nitrogens with zero attached hydrogens (tertiary/aromatic N) is 1. The van der Waals surface area contributed by atoms with Gasteiger partial charge < -0.3 is 14.6 Å². The van der Waals surface area contributed by atoms with Gasteiger partial charge in [0.25, 0.3) is 0 Å². The molecule has 0 bridgehead atoms. The van der Waals surface area contributed by atoms with Crippen LogP contribution in [0.5, 0.6) is 0 Å². The molecule has 0 aliphatic rings. The summed E-state index contributed by atoms with van der Waals surface area (Å²) >= 11 is 0. The van der Waals surface area contributed by atoms with Crippen LogP contribution in [0.15, 0.2) is 71.4 Å². The van der Waals surface area contributed by atoms with Crippen LogP contribution in [0.2, 0.25) is 0 Å². The molecule has 1 heterocycles. The van der Waals surface area contributed by atoms with E-state index in [-0.39, 0.29) is 6.61 Å². The van der Waals surface area contributed by atoms with Crippen LogP contribution in [0.25, 0.3) is 11.3 Å². The van der Waals surface area contributed by atoms with Crippen molar-refractivity contribution in [2.45, 2.75) is 13.0 Å². The van der Waals surface area contributed by atoms with Gasteiger partial charge in [-0.05, 0) is 29.8 Å². The van der Waals surface area contributed by atoms with E-state index in [0.29, 0.717) is 13.0 Å². The topological polar surface area (TPSA) is 64.4 Å². The van der Waals surface area contributed by atoms with Gasteiger partial charge in [-0.25, -0.2) is 4.79 Å². The van der Waals surface area contributed by atoms with E-state index in [1.54, 1.807) is 6.20 Å². The second-order valence-electron chi connectivity index (χ2n) is 5.49. The molecule has 1 N–H and O–H groups in total. The second kappa shape index (κ2) is 9.09. The molecule has 0 spiro atoms. The molecule has 2 aromatic carbocycles. The summed E-state index contributed by atoms with van der Waals surface area (Å²) in [6, 6.07) is 19.1. The van der Waals surface area contributed by atoms with Crippen molar-refractivity contribution >= 4 is 6.09 Å². The maximum Gasteiger partial charge on any atom is 0.407 e. The van der Waals surface area contributed by atoms with Crippen LogP contribution in [0.4, 0.5) is 4.79 Å². The second-order valence-corrected chi connectivity index (χ2v) is 5.49. The van der Waals surface area contributed by atoms with Gasteiger partial charge in [-0.15, -0.1) is 0 Å². The first kappa shape index (κ1) is 17.3. The van der Waals surface area contributed by atoms with Crippen molar-refractivity contribution in [3.63, 3.8) is 0 Å². The normalized spacial score (nSPS) is 9.85. The minimum atomic E-state index is -0.438. The van der Waals surface area contributed by atoms with E-state index < -0.39 is 6.09 Å². The summed E-state index contributed by atoms with van der Waals surface area (Å²) in [4.78, 5) is 11.6. The van der Waals surface area contributed by atoms with E-state index in [1.807, 2.05) is 60.7 Å². The maximum absolute atomic E-state index is 11.6. The largest absolute Gasteiger partial charge is 0.445 e. The van der Waals surface area contributed by atoms with E-state index in [1.165, 1.54) is 0 Å². The van der Waals surface area contributed by atoms with Gasteiger partial charge in [0.05, 0.1) is 6.20 Å². The summed E-state index contributed by atoms with van der Waals surface area (Å²) in [5.41, 5.74) is 2.81. The number of benzene rings is 2. The minimum Gasteiger partial charge on any atom is -0.445 e. The van der Waals surface area contributed by atoms with Crippen LogP contribution in [0.1, 0.15) is 17.5 Å². The predicted molar refractivity (Wildman–Crippen MR) is 98.1 cm³/mol. The molecule has 3 rings (SSSR count). The average molecular weight is 346 g/mol. The molecule has 1 aromatic heterocycles. The molecule has 26 heavy (non-hydrogen) atoms. The lowest BCUT2D eigenvalue weighted by atomic mass is 10.1. The molecule has 0 unspecified atom stereocenters. The zero-order valence-electron chi connectivity index (χ0n) is 14.1. The summed E-state index contributed by atoms with van der Waals surface area (Å²) in [6.07, 6.45) is 1.72. The molecule has 0 saturated carbocycles. The van der Waals surface area contributed by atoms with Crippen LogP contribution < -0.4 is 5.32 Å². The third kappa shape index (κ3) is 5.25. The zero-order chi connectivity index (χ0) is 18.0. The van der Waals surface area contributed by atoms with Gasteiger partial charge in [0.2, 0.25) is 0 Å². The van der Waals surface area contributed by atoms with Gasteiger partial charge in [0.15, 0.2) is 5.76 Å². The molecule has 0 radical (unpaired) electrons. The Balaban J connectivity index is 1.38. The lowest BCUT2D eigenvalue weighted by molar-refractivity contribution is 0.140. The van der Waals surface area contributed by atoms with Crippen molar-refractivity contribution in [1.82, 2.24) is 10.5 Å². The third-order valence-corrected chi connectivity index (χ3v) is 3.57. The Bertz CT molecular complexity index is 877. The molecule has 0 fully saturated rings. The molecule has 5 heteroatoms. The standard InChI is InChI=1S/C21H18N2O3/c24-21(25-16-18-7-2-1-3-8-18)22-14-5-4-6-17-9-11-19(12-10-17)20-13-15-23-26-20/h1-3,7-13,15H,5,14,16H2,(H,22,24). The monoisotopic (exact) mass is 346 g/mol. The zero-order valence-corrected chi connectivity index (χ0v) is 14.1. The van der Waals surface area contributed by atoms with Crippen LogP contribution >= 0.6 is 0 Å². The summed E-state index contributed by atoms with van der Waals surface area (Å²) in [6.45, 7) is 0.701. The SMILES string of the molecule is O=C(NCCC#Cc1ccc(-c2ccno2)cc1)OCc1ccccc1. The van der Waals surface area contributed by atoms with E-state index in [9.17, 15) is 4.79 Å². The Morgan fingerprint density at radius 3 is 2.62 bits per heavy atom. The van der Waals surface area contributed by atoms with Gasteiger partial charge >= 0.3 is 6.09 Å². The summed E-state index contributed by atoms with van der Waals surface area (Å²) < 4.78 is 10.2. The molecule has 0 aliphatic carbocycles. The summed E-state index contributed by atoms with van der Waals surface area (Å²) in [7, 11) is 0. The molecule has 1 amide bonds. The highest BCUT2D eigenvalue weighted by molar-refractivity contribution is 5.67. The average Bonchev–Trinajstić information content (AvgIpc) is 3.22.